The summed E-state index contributed by atoms with van der Waals surface area (Å²) in [7, 11) is 0. The summed E-state index contributed by atoms with van der Waals surface area (Å²) in [5.41, 5.74) is 13.9. The number of aryl methyl sites for hydroxylation is 4. The average Bonchev–Trinajstić information content (AvgIpc) is 3.51. The largest absolute Gasteiger partial charge is 0.342 e. The van der Waals surface area contributed by atoms with Gasteiger partial charge in [0.25, 0.3) is 11.4 Å². The zero-order chi connectivity index (χ0) is 41.0. The molecule has 14 heteroatoms. The molecule has 9 rings (SSSR count). The molecule has 300 valence electrons. The van der Waals surface area contributed by atoms with Gasteiger partial charge in [-0.1, -0.05) is 46.5 Å². The second-order valence-electron chi connectivity index (χ2n) is 15.1. The number of halogens is 2. The second kappa shape index (κ2) is 17.6. The van der Waals surface area contributed by atoms with Crippen LogP contribution in [0.25, 0.3) is 11.1 Å². The topological polar surface area (TPSA) is 157 Å². The number of piperidine rings is 2. The molecule has 4 aliphatic rings. The van der Waals surface area contributed by atoms with E-state index in [4.69, 9.17) is 23.2 Å². The minimum atomic E-state index is -0.401. The van der Waals surface area contributed by atoms with Gasteiger partial charge in [-0.25, -0.2) is 9.97 Å². The van der Waals surface area contributed by atoms with Crippen molar-refractivity contribution in [1.82, 2.24) is 25.2 Å². The third-order valence-corrected chi connectivity index (χ3v) is 12.0. The second-order valence-corrected chi connectivity index (χ2v) is 16.0. The van der Waals surface area contributed by atoms with E-state index in [9.17, 15) is 25.0 Å². The van der Waals surface area contributed by atoms with Gasteiger partial charge in [-0.05, 0) is 140 Å². The van der Waals surface area contributed by atoms with Crippen LogP contribution in [0.5, 0.6) is 0 Å². The number of benzene rings is 2. The molecular weight excluding hydrogens is 789 g/mol. The van der Waals surface area contributed by atoms with Crippen molar-refractivity contribution in [1.29, 1.82) is 0 Å². The van der Waals surface area contributed by atoms with E-state index in [0.29, 0.717) is 31.0 Å². The van der Waals surface area contributed by atoms with Crippen molar-refractivity contribution in [2.24, 2.45) is 0 Å². The van der Waals surface area contributed by atoms with Crippen LogP contribution in [0.15, 0.2) is 96.6 Å². The molecule has 0 radical (unpaired) electrons. The first-order valence-corrected chi connectivity index (χ1v) is 20.5. The fourth-order valence-corrected chi connectivity index (χ4v) is 8.99. The molecule has 3 aromatic heterocycles. The molecule has 0 unspecified atom stereocenters. The Kier molecular flexibility index (Phi) is 11.9. The first-order chi connectivity index (χ1) is 28.6. The number of aromatic nitrogens is 3. The van der Waals surface area contributed by atoms with Crippen LogP contribution in [0, 0.1) is 20.2 Å². The van der Waals surface area contributed by atoms with Crippen molar-refractivity contribution in [2.75, 3.05) is 26.2 Å². The molecule has 0 spiro atoms. The maximum absolute atomic E-state index is 12.8. The molecule has 2 aliphatic carbocycles. The highest BCUT2D eigenvalue weighted by atomic mass is 35.5. The van der Waals surface area contributed by atoms with Crippen LogP contribution >= 0.6 is 23.2 Å². The van der Waals surface area contributed by atoms with Gasteiger partial charge in [0.1, 0.15) is 12.4 Å². The Hall–Kier alpha value is -5.82. The molecule has 5 aromatic rings. The molecule has 1 N–H and O–H groups in total. The van der Waals surface area contributed by atoms with Gasteiger partial charge in [0.05, 0.1) is 27.7 Å². The molecule has 59 heavy (non-hydrogen) atoms. The van der Waals surface area contributed by atoms with Crippen LogP contribution in [0.1, 0.15) is 76.0 Å². The summed E-state index contributed by atoms with van der Waals surface area (Å²) < 4.78 is 0. The van der Waals surface area contributed by atoms with Gasteiger partial charge < -0.3 is 10.2 Å². The number of fused-ring (bicyclic) bond motifs is 4. The van der Waals surface area contributed by atoms with Gasteiger partial charge in [-0.2, -0.15) is 0 Å². The smallest absolute Gasteiger partial charge is 0.287 e. The molecule has 1 amide bonds. The Balaban J connectivity index is 0.000000172. The van der Waals surface area contributed by atoms with Crippen molar-refractivity contribution in [3.8, 4) is 0 Å². The molecule has 2 saturated heterocycles. The highest BCUT2D eigenvalue weighted by Gasteiger charge is 2.29. The molecule has 0 atom stereocenters. The maximum atomic E-state index is 12.8. The lowest BCUT2D eigenvalue weighted by Gasteiger charge is -2.30. The summed E-state index contributed by atoms with van der Waals surface area (Å²) in [6.45, 7) is 3.16. The number of amides is 1. The third kappa shape index (κ3) is 8.80. The van der Waals surface area contributed by atoms with E-state index in [1.54, 1.807) is 24.5 Å². The van der Waals surface area contributed by atoms with Crippen LogP contribution in [0.2, 0.25) is 10.0 Å². The van der Waals surface area contributed by atoms with Gasteiger partial charge in [0.15, 0.2) is 0 Å². The van der Waals surface area contributed by atoms with E-state index in [0.717, 1.165) is 113 Å². The number of hydrogen-bond donors (Lipinski definition) is 1. The lowest BCUT2D eigenvalue weighted by Crippen LogP contribution is -2.37. The molecule has 5 heterocycles. The van der Waals surface area contributed by atoms with E-state index in [-0.39, 0.29) is 22.2 Å². The molecule has 12 nitrogen and oxygen atoms in total. The summed E-state index contributed by atoms with van der Waals surface area (Å²) in [4.78, 5) is 49.6. The number of pyridine rings is 3. The van der Waals surface area contributed by atoms with E-state index in [2.05, 4.69) is 26.3 Å². The molecular formula is C45H41Cl2N7O5. The summed E-state index contributed by atoms with van der Waals surface area (Å²) in [5.74, 6) is 0.109. The van der Waals surface area contributed by atoms with Crippen molar-refractivity contribution >= 4 is 51.6 Å². The minimum absolute atomic E-state index is 0.00335. The average molecular weight is 831 g/mol. The zero-order valence-electron chi connectivity index (χ0n) is 32.3. The van der Waals surface area contributed by atoms with Gasteiger partial charge in [-0.3, -0.25) is 30.0 Å². The molecule has 2 aromatic carbocycles. The van der Waals surface area contributed by atoms with Crippen molar-refractivity contribution in [3.63, 3.8) is 0 Å². The molecule has 0 bridgehead atoms. The number of carbonyl (C=O) groups is 1. The third-order valence-electron chi connectivity index (χ3n) is 11.5. The van der Waals surface area contributed by atoms with Crippen molar-refractivity contribution in [3.05, 3.63) is 177 Å². The van der Waals surface area contributed by atoms with Crippen molar-refractivity contribution < 1.29 is 14.6 Å². The standard InChI is InChI=1S/C26H23ClN4O3.C19H18ClN3O2/c27-21-3-4-23-19(14-21)1-2-20-15-22(31(33)34)16-29-26(20)25(23)18-7-11-30(12-8-18)24(32)13-17-5-9-28-10-6-17;20-15-3-4-17-13(9-15)1-2-14-10-16(23(24)25)11-22-19(14)18(17)12-5-7-21-8-6-12/h3-6,9-10,14-16H,1-2,7-8,11-13H2;3-4,9-11,21H,1-2,5-8H2. The highest BCUT2D eigenvalue weighted by molar-refractivity contribution is 6.31. The van der Waals surface area contributed by atoms with Crippen LogP contribution in [-0.2, 0) is 36.9 Å². The SMILES string of the molecule is O=C(Cc1ccncc1)N1CCC(=C2c3ccc(Cl)cc3CCc3cc([N+](=O)[O-])cnc32)CC1.O=[N+]([O-])c1cnc2c(c1)CCc1cc(Cl)ccc1C2=C1CCNCC1. The van der Waals surface area contributed by atoms with E-state index >= 15 is 0 Å². The molecule has 0 saturated carbocycles. The van der Waals surface area contributed by atoms with Gasteiger partial charge in [0.2, 0.25) is 5.91 Å². The number of nitro groups is 2. The van der Waals surface area contributed by atoms with E-state index in [1.807, 2.05) is 47.4 Å². The lowest BCUT2D eigenvalue weighted by molar-refractivity contribution is -0.385. The van der Waals surface area contributed by atoms with Crippen LogP contribution in [0.3, 0.4) is 0 Å². The number of likely N-dealkylation sites (tertiary alicyclic amines) is 1. The van der Waals surface area contributed by atoms with Crippen LogP contribution < -0.4 is 5.32 Å². The number of nitrogens with zero attached hydrogens (tertiary/aromatic N) is 6. The summed E-state index contributed by atoms with van der Waals surface area (Å²) in [6.07, 6.45) is 12.8. The monoisotopic (exact) mass is 829 g/mol. The van der Waals surface area contributed by atoms with Gasteiger partial charge >= 0.3 is 0 Å². The lowest BCUT2D eigenvalue weighted by atomic mass is 9.88. The van der Waals surface area contributed by atoms with E-state index in [1.165, 1.54) is 34.7 Å². The summed E-state index contributed by atoms with van der Waals surface area (Å²) in [6, 6.07) is 18.9. The van der Waals surface area contributed by atoms with Gasteiger partial charge in [0, 0.05) is 58.8 Å². The zero-order valence-corrected chi connectivity index (χ0v) is 33.8. The van der Waals surface area contributed by atoms with Crippen LogP contribution in [-0.4, -0.2) is 61.8 Å². The Morgan fingerprint density at radius 2 is 1.12 bits per heavy atom. The number of nitrogens with one attached hydrogen (secondary N) is 1. The Bertz CT molecular complexity index is 2520. The van der Waals surface area contributed by atoms with Gasteiger partial charge in [-0.15, -0.1) is 0 Å². The number of hydrogen-bond acceptors (Lipinski definition) is 9. The normalized spacial score (nSPS) is 16.0. The quantitative estimate of drug-likeness (QED) is 0.138. The Morgan fingerprint density at radius 3 is 1.61 bits per heavy atom. The predicted molar refractivity (Wildman–Crippen MR) is 227 cm³/mol. The number of rotatable bonds is 4. The Labute approximate surface area is 351 Å². The first-order valence-electron chi connectivity index (χ1n) is 19.8. The summed E-state index contributed by atoms with van der Waals surface area (Å²) >= 11 is 12.5. The Morgan fingerprint density at radius 1 is 0.644 bits per heavy atom. The number of carbonyl (C=O) groups excluding carboxylic acids is 1. The summed E-state index contributed by atoms with van der Waals surface area (Å²) in [5, 5.41) is 27.3. The maximum Gasteiger partial charge on any atom is 0.287 e. The first kappa shape index (κ1) is 40.0. The molecule has 2 aliphatic heterocycles. The highest BCUT2D eigenvalue weighted by Crippen LogP contribution is 2.41. The van der Waals surface area contributed by atoms with E-state index < -0.39 is 4.92 Å². The predicted octanol–water partition coefficient (Wildman–Crippen LogP) is 8.73. The molecule has 2 fully saturated rings. The minimum Gasteiger partial charge on any atom is -0.342 e. The van der Waals surface area contributed by atoms with Crippen LogP contribution in [0.4, 0.5) is 11.4 Å². The fourth-order valence-electron chi connectivity index (χ4n) is 8.60. The fraction of sp³-hybridized carbons (Fsp3) is 0.289. The van der Waals surface area contributed by atoms with Crippen molar-refractivity contribution in [2.45, 2.75) is 57.8 Å².